The Morgan fingerprint density at radius 3 is 2.70 bits per heavy atom. The van der Waals surface area contributed by atoms with Gasteiger partial charge in [-0.1, -0.05) is 0 Å². The van der Waals surface area contributed by atoms with E-state index in [1.165, 1.54) is 0 Å². The van der Waals surface area contributed by atoms with Crippen molar-refractivity contribution >= 4 is 0 Å². The Morgan fingerprint density at radius 2 is 2.05 bits per heavy atom. The first-order valence-electron chi connectivity index (χ1n) is 6.60. The lowest BCUT2D eigenvalue weighted by Crippen LogP contribution is -2.29. The van der Waals surface area contributed by atoms with Crippen LogP contribution in [-0.4, -0.2) is 16.1 Å². The maximum absolute atomic E-state index is 5.68. The third-order valence-electron chi connectivity index (χ3n) is 2.84. The van der Waals surface area contributed by atoms with Crippen molar-refractivity contribution in [1.29, 1.82) is 0 Å². The maximum atomic E-state index is 5.68. The highest BCUT2D eigenvalue weighted by Gasteiger charge is 2.15. The summed E-state index contributed by atoms with van der Waals surface area (Å²) in [6.45, 7) is 5.98. The number of ether oxygens (including phenoxy) is 1. The van der Waals surface area contributed by atoms with Gasteiger partial charge in [-0.2, -0.15) is 0 Å². The molecule has 106 valence electrons. The van der Waals surface area contributed by atoms with Crippen LogP contribution in [0, 0.1) is 6.92 Å². The molecular formula is C15H20N4O. The van der Waals surface area contributed by atoms with Gasteiger partial charge in [-0.05, 0) is 50.1 Å². The van der Waals surface area contributed by atoms with E-state index in [9.17, 15) is 0 Å². The number of hydrazine groups is 1. The predicted octanol–water partition coefficient (Wildman–Crippen LogP) is 2.12. The van der Waals surface area contributed by atoms with E-state index in [0.717, 1.165) is 22.6 Å². The van der Waals surface area contributed by atoms with Crippen LogP contribution in [0.4, 0.5) is 0 Å². The molecule has 0 radical (unpaired) electrons. The summed E-state index contributed by atoms with van der Waals surface area (Å²) < 4.78 is 5.66. The largest absolute Gasteiger partial charge is 0.489 e. The van der Waals surface area contributed by atoms with Crippen LogP contribution in [0.5, 0.6) is 5.75 Å². The van der Waals surface area contributed by atoms with E-state index in [4.69, 9.17) is 10.6 Å². The molecule has 2 aromatic rings. The quantitative estimate of drug-likeness (QED) is 0.644. The first kappa shape index (κ1) is 14.4. The zero-order valence-corrected chi connectivity index (χ0v) is 12.0. The van der Waals surface area contributed by atoms with E-state index in [-0.39, 0.29) is 12.1 Å². The molecule has 0 saturated heterocycles. The number of nitrogens with two attached hydrogens (primary N) is 1. The number of aromatic nitrogens is 2. The van der Waals surface area contributed by atoms with Crippen molar-refractivity contribution < 1.29 is 4.74 Å². The molecule has 1 atom stereocenters. The molecule has 2 rings (SSSR count). The van der Waals surface area contributed by atoms with Crippen LogP contribution < -0.4 is 16.0 Å². The molecular weight excluding hydrogens is 252 g/mol. The van der Waals surface area contributed by atoms with Crippen molar-refractivity contribution in [3.05, 3.63) is 53.6 Å². The summed E-state index contributed by atoms with van der Waals surface area (Å²) in [5.74, 6) is 6.41. The second-order valence-corrected chi connectivity index (χ2v) is 4.98. The number of rotatable bonds is 5. The summed E-state index contributed by atoms with van der Waals surface area (Å²) in [5, 5.41) is 0. The molecule has 0 aromatic carbocycles. The molecule has 2 heterocycles. The predicted molar refractivity (Wildman–Crippen MR) is 78.1 cm³/mol. The summed E-state index contributed by atoms with van der Waals surface area (Å²) >= 11 is 0. The zero-order valence-electron chi connectivity index (χ0n) is 12.0. The van der Waals surface area contributed by atoms with Gasteiger partial charge in [0.2, 0.25) is 0 Å². The van der Waals surface area contributed by atoms with Crippen molar-refractivity contribution in [2.45, 2.75) is 32.9 Å². The van der Waals surface area contributed by atoms with Crippen LogP contribution in [0.1, 0.15) is 36.7 Å². The Balaban J connectivity index is 2.32. The van der Waals surface area contributed by atoms with Gasteiger partial charge in [0, 0.05) is 12.4 Å². The molecule has 20 heavy (non-hydrogen) atoms. The van der Waals surface area contributed by atoms with Gasteiger partial charge >= 0.3 is 0 Å². The van der Waals surface area contributed by atoms with Crippen LogP contribution in [-0.2, 0) is 0 Å². The van der Waals surface area contributed by atoms with Gasteiger partial charge in [-0.25, -0.2) is 5.43 Å². The molecule has 0 bridgehead atoms. The lowest BCUT2D eigenvalue weighted by atomic mass is 10.0. The van der Waals surface area contributed by atoms with Gasteiger partial charge in [-0.3, -0.25) is 15.8 Å². The Hall–Kier alpha value is -1.98. The van der Waals surface area contributed by atoms with Gasteiger partial charge in [-0.15, -0.1) is 0 Å². The third-order valence-corrected chi connectivity index (χ3v) is 2.84. The second-order valence-electron chi connectivity index (χ2n) is 4.98. The third kappa shape index (κ3) is 3.53. The fourth-order valence-corrected chi connectivity index (χ4v) is 2.00. The van der Waals surface area contributed by atoms with Crippen LogP contribution in [0.3, 0.4) is 0 Å². The highest BCUT2D eigenvalue weighted by atomic mass is 16.5. The van der Waals surface area contributed by atoms with E-state index in [2.05, 4.69) is 15.4 Å². The number of pyridine rings is 2. The van der Waals surface area contributed by atoms with Crippen molar-refractivity contribution in [3.8, 4) is 5.75 Å². The van der Waals surface area contributed by atoms with Gasteiger partial charge < -0.3 is 4.74 Å². The van der Waals surface area contributed by atoms with Gasteiger partial charge in [0.25, 0.3) is 0 Å². The summed E-state index contributed by atoms with van der Waals surface area (Å²) in [7, 11) is 0. The SMILES string of the molecule is Cc1ccnc(C(NN)c2cncc(OC(C)C)c2)c1. The molecule has 5 nitrogen and oxygen atoms in total. The molecule has 0 aliphatic carbocycles. The molecule has 0 saturated carbocycles. The van der Waals surface area contributed by atoms with Gasteiger partial charge in [0.1, 0.15) is 5.75 Å². The first-order valence-corrected chi connectivity index (χ1v) is 6.60. The molecule has 1 unspecified atom stereocenters. The Kier molecular flexibility index (Phi) is 4.65. The van der Waals surface area contributed by atoms with E-state index >= 15 is 0 Å². The number of nitrogens with zero attached hydrogens (tertiary/aromatic N) is 2. The van der Waals surface area contributed by atoms with E-state index in [0.29, 0.717) is 0 Å². The van der Waals surface area contributed by atoms with Crippen molar-refractivity contribution in [2.24, 2.45) is 5.84 Å². The number of nitrogens with one attached hydrogen (secondary N) is 1. The van der Waals surface area contributed by atoms with Crippen LogP contribution >= 0.6 is 0 Å². The van der Waals surface area contributed by atoms with Gasteiger partial charge in [0.15, 0.2) is 0 Å². The van der Waals surface area contributed by atoms with Crippen LogP contribution in [0.15, 0.2) is 36.8 Å². The van der Waals surface area contributed by atoms with Gasteiger partial charge in [0.05, 0.1) is 24.0 Å². The highest BCUT2D eigenvalue weighted by molar-refractivity contribution is 5.32. The van der Waals surface area contributed by atoms with Crippen molar-refractivity contribution in [2.75, 3.05) is 0 Å². The van der Waals surface area contributed by atoms with Crippen molar-refractivity contribution in [3.63, 3.8) is 0 Å². The molecule has 0 fully saturated rings. The normalized spacial score (nSPS) is 12.4. The summed E-state index contributed by atoms with van der Waals surface area (Å²) in [6.07, 6.45) is 5.34. The van der Waals surface area contributed by atoms with E-state index in [1.54, 1.807) is 18.6 Å². The number of hydrogen-bond donors (Lipinski definition) is 2. The molecule has 0 aliphatic rings. The molecule has 0 amide bonds. The first-order chi connectivity index (χ1) is 9.60. The zero-order chi connectivity index (χ0) is 14.5. The summed E-state index contributed by atoms with van der Waals surface area (Å²) in [6, 6.07) is 5.67. The monoisotopic (exact) mass is 272 g/mol. The maximum Gasteiger partial charge on any atom is 0.138 e. The van der Waals surface area contributed by atoms with Crippen LogP contribution in [0.25, 0.3) is 0 Å². The topological polar surface area (TPSA) is 73.1 Å². The average molecular weight is 272 g/mol. The molecule has 3 N–H and O–H groups in total. The smallest absolute Gasteiger partial charge is 0.138 e. The molecule has 0 aliphatic heterocycles. The van der Waals surface area contributed by atoms with Crippen LogP contribution in [0.2, 0.25) is 0 Å². The highest BCUT2D eigenvalue weighted by Crippen LogP contribution is 2.23. The standard InChI is InChI=1S/C15H20N4O/c1-10(2)20-13-7-12(8-17-9-13)15(19-16)14-6-11(3)4-5-18-14/h4-10,15,19H,16H2,1-3H3. The van der Waals surface area contributed by atoms with Crippen molar-refractivity contribution in [1.82, 2.24) is 15.4 Å². The fraction of sp³-hybridized carbons (Fsp3) is 0.333. The lowest BCUT2D eigenvalue weighted by molar-refractivity contribution is 0.241. The lowest BCUT2D eigenvalue weighted by Gasteiger charge is -2.17. The fourth-order valence-electron chi connectivity index (χ4n) is 2.00. The van der Waals surface area contributed by atoms with E-state index in [1.807, 2.05) is 39.0 Å². The Labute approximate surface area is 119 Å². The number of hydrogen-bond acceptors (Lipinski definition) is 5. The summed E-state index contributed by atoms with van der Waals surface area (Å²) in [5.41, 5.74) is 5.70. The minimum absolute atomic E-state index is 0.105. The van der Waals surface area contributed by atoms with E-state index < -0.39 is 0 Å². The number of aryl methyl sites for hydroxylation is 1. The minimum Gasteiger partial charge on any atom is -0.489 e. The second kappa shape index (κ2) is 6.45. The minimum atomic E-state index is -0.210. The average Bonchev–Trinajstić information content (AvgIpc) is 2.39. The molecule has 5 heteroatoms. The summed E-state index contributed by atoms with van der Waals surface area (Å²) in [4.78, 5) is 8.57. The Bertz CT molecular complexity index is 571. The Morgan fingerprint density at radius 1 is 1.25 bits per heavy atom. The molecule has 2 aromatic heterocycles. The molecule has 0 spiro atoms.